The van der Waals surface area contributed by atoms with Gasteiger partial charge in [0.1, 0.15) is 17.9 Å². The minimum absolute atomic E-state index is 0.0473. The monoisotopic (exact) mass is 430 g/mol. The van der Waals surface area contributed by atoms with Gasteiger partial charge >= 0.3 is 5.97 Å². The van der Waals surface area contributed by atoms with Crippen molar-refractivity contribution in [2.45, 2.75) is 6.04 Å². The quantitative estimate of drug-likeness (QED) is 0.568. The minimum atomic E-state index is -0.869. The molecule has 164 valence electrons. The summed E-state index contributed by atoms with van der Waals surface area (Å²) in [7, 11) is 0. The number of aromatic nitrogens is 1. The lowest BCUT2D eigenvalue weighted by molar-refractivity contribution is -0.144. The molecule has 1 fully saturated rings. The van der Waals surface area contributed by atoms with E-state index in [4.69, 9.17) is 10.00 Å². The molecular formula is C25H26N4O3. The van der Waals surface area contributed by atoms with Gasteiger partial charge in [-0.1, -0.05) is 42.5 Å². The fraction of sp³-hybridized carbons (Fsp3) is 0.280. The van der Waals surface area contributed by atoms with E-state index in [1.54, 1.807) is 18.3 Å². The Bertz CT molecular complexity index is 1130. The van der Waals surface area contributed by atoms with E-state index < -0.39 is 12.0 Å². The number of carboxylic acid groups (broad SMARTS) is 1. The van der Waals surface area contributed by atoms with Crippen LogP contribution in [-0.4, -0.2) is 65.2 Å². The number of fused-ring (bicyclic) bond motifs is 1. The van der Waals surface area contributed by atoms with E-state index >= 15 is 0 Å². The molecule has 0 bridgehead atoms. The van der Waals surface area contributed by atoms with Crippen molar-refractivity contribution in [1.29, 1.82) is 5.26 Å². The van der Waals surface area contributed by atoms with E-state index in [1.165, 1.54) is 5.56 Å². The zero-order chi connectivity index (χ0) is 22.3. The topological polar surface area (TPSA) is 92.6 Å². The molecule has 2 heterocycles. The van der Waals surface area contributed by atoms with Crippen LogP contribution in [0.1, 0.15) is 17.2 Å². The van der Waals surface area contributed by atoms with Crippen molar-refractivity contribution in [2.75, 3.05) is 39.3 Å². The molecule has 32 heavy (non-hydrogen) atoms. The number of H-pyrrole nitrogens is 1. The Balaban J connectivity index is 1.43. The van der Waals surface area contributed by atoms with Gasteiger partial charge in [0.25, 0.3) is 0 Å². The van der Waals surface area contributed by atoms with E-state index in [9.17, 15) is 9.90 Å². The van der Waals surface area contributed by atoms with Gasteiger partial charge in [0.05, 0.1) is 0 Å². The van der Waals surface area contributed by atoms with Crippen LogP contribution in [0.2, 0.25) is 0 Å². The summed E-state index contributed by atoms with van der Waals surface area (Å²) in [6, 6.07) is 16.8. The molecule has 1 aromatic heterocycles. The number of ether oxygens (including phenoxy) is 1. The van der Waals surface area contributed by atoms with E-state index in [0.717, 1.165) is 30.5 Å². The molecule has 0 spiro atoms. The molecule has 0 aliphatic carbocycles. The van der Waals surface area contributed by atoms with Crippen molar-refractivity contribution in [1.82, 2.24) is 14.8 Å². The summed E-state index contributed by atoms with van der Waals surface area (Å²) < 4.78 is 5.41. The maximum atomic E-state index is 12.3. The van der Waals surface area contributed by atoms with Gasteiger partial charge in [-0.3, -0.25) is 14.6 Å². The molecule has 0 unspecified atom stereocenters. The molecule has 4 rings (SSSR count). The first kappa shape index (κ1) is 21.6. The molecular weight excluding hydrogens is 404 g/mol. The highest BCUT2D eigenvalue weighted by molar-refractivity contribution is 5.90. The zero-order valence-electron chi connectivity index (χ0n) is 17.8. The number of piperazine rings is 1. The summed E-state index contributed by atoms with van der Waals surface area (Å²) in [5, 5.41) is 19.6. The van der Waals surface area contributed by atoms with Crippen LogP contribution in [0.25, 0.3) is 17.0 Å². The van der Waals surface area contributed by atoms with Gasteiger partial charge in [-0.15, -0.1) is 0 Å². The minimum Gasteiger partial charge on any atom is -0.480 e. The summed E-state index contributed by atoms with van der Waals surface area (Å²) in [4.78, 5) is 19.8. The fourth-order valence-electron chi connectivity index (χ4n) is 4.14. The first-order valence-electron chi connectivity index (χ1n) is 10.7. The summed E-state index contributed by atoms with van der Waals surface area (Å²) >= 11 is 0. The van der Waals surface area contributed by atoms with Gasteiger partial charge in [-0.05, 0) is 23.8 Å². The van der Waals surface area contributed by atoms with Gasteiger partial charge in [0.2, 0.25) is 0 Å². The first-order chi connectivity index (χ1) is 15.7. The van der Waals surface area contributed by atoms with Crippen molar-refractivity contribution >= 4 is 22.9 Å². The van der Waals surface area contributed by atoms with E-state index in [1.807, 2.05) is 35.2 Å². The Morgan fingerprint density at radius 3 is 2.69 bits per heavy atom. The molecule has 7 heteroatoms. The third kappa shape index (κ3) is 4.99. The van der Waals surface area contributed by atoms with Crippen LogP contribution in [0.3, 0.4) is 0 Å². The molecule has 7 nitrogen and oxygen atoms in total. The molecule has 2 N–H and O–H groups in total. The number of nitrogens with one attached hydrogen (secondary N) is 1. The third-order valence-corrected chi connectivity index (χ3v) is 5.76. The van der Waals surface area contributed by atoms with Crippen molar-refractivity contribution in [3.63, 3.8) is 0 Å². The Labute approximate surface area is 187 Å². The molecule has 1 aliphatic rings. The predicted molar refractivity (Wildman–Crippen MR) is 123 cm³/mol. The highest BCUT2D eigenvalue weighted by Gasteiger charge is 2.32. The Morgan fingerprint density at radius 1 is 1.19 bits per heavy atom. The summed E-state index contributed by atoms with van der Waals surface area (Å²) in [6.45, 7) is 3.76. The molecule has 0 radical (unpaired) electrons. The molecule has 1 atom stereocenters. The fourth-order valence-corrected chi connectivity index (χ4v) is 4.14. The van der Waals surface area contributed by atoms with Gasteiger partial charge in [0, 0.05) is 55.4 Å². The second-order valence-electron chi connectivity index (χ2n) is 7.79. The van der Waals surface area contributed by atoms with E-state index in [-0.39, 0.29) is 6.61 Å². The molecule has 1 aliphatic heterocycles. The third-order valence-electron chi connectivity index (χ3n) is 5.76. The number of aromatic amines is 1. The van der Waals surface area contributed by atoms with Gasteiger partial charge in [0.15, 0.2) is 6.61 Å². The largest absolute Gasteiger partial charge is 0.480 e. The van der Waals surface area contributed by atoms with Crippen LogP contribution in [-0.2, 0) is 4.79 Å². The highest BCUT2D eigenvalue weighted by Crippen LogP contribution is 2.31. The van der Waals surface area contributed by atoms with Crippen molar-refractivity contribution in [3.05, 3.63) is 71.9 Å². The SMILES string of the molecule is N#CCOc1ccc2[nH]cc([C@H](C(=O)O)N3CCN(C/C=C/c4ccccc4)CC3)c2c1. The van der Waals surface area contributed by atoms with Crippen LogP contribution < -0.4 is 4.74 Å². The van der Waals surface area contributed by atoms with E-state index in [2.05, 4.69) is 34.2 Å². The molecule has 2 aromatic carbocycles. The van der Waals surface area contributed by atoms with Crippen LogP contribution in [0, 0.1) is 11.3 Å². The predicted octanol–water partition coefficient (Wildman–Crippen LogP) is 3.53. The number of nitriles is 1. The second kappa shape index (κ2) is 10.1. The lowest BCUT2D eigenvalue weighted by Gasteiger charge is -2.37. The number of hydrogen-bond donors (Lipinski definition) is 2. The number of carboxylic acids is 1. The Morgan fingerprint density at radius 2 is 1.97 bits per heavy atom. The Hall–Kier alpha value is -3.60. The number of carbonyl (C=O) groups is 1. The van der Waals surface area contributed by atoms with Crippen molar-refractivity contribution < 1.29 is 14.6 Å². The summed E-state index contributed by atoms with van der Waals surface area (Å²) in [6.07, 6.45) is 6.04. The van der Waals surface area contributed by atoms with Gasteiger partial charge in [-0.25, -0.2) is 0 Å². The number of benzene rings is 2. The second-order valence-corrected chi connectivity index (χ2v) is 7.79. The molecule has 3 aromatic rings. The van der Waals surface area contributed by atoms with Crippen LogP contribution >= 0.6 is 0 Å². The van der Waals surface area contributed by atoms with Crippen LogP contribution in [0.15, 0.2) is 60.8 Å². The van der Waals surface area contributed by atoms with Gasteiger partial charge < -0.3 is 14.8 Å². The van der Waals surface area contributed by atoms with Crippen molar-refractivity contribution in [3.8, 4) is 11.8 Å². The normalized spacial score (nSPS) is 16.2. The molecule has 0 saturated carbocycles. The van der Waals surface area contributed by atoms with E-state index in [0.29, 0.717) is 24.4 Å². The molecule has 1 saturated heterocycles. The number of rotatable bonds is 8. The number of hydrogen-bond acceptors (Lipinski definition) is 5. The number of nitrogens with zero attached hydrogens (tertiary/aromatic N) is 3. The van der Waals surface area contributed by atoms with Gasteiger partial charge in [-0.2, -0.15) is 5.26 Å². The highest BCUT2D eigenvalue weighted by atomic mass is 16.5. The lowest BCUT2D eigenvalue weighted by Crippen LogP contribution is -2.49. The van der Waals surface area contributed by atoms with Crippen molar-refractivity contribution in [2.24, 2.45) is 0 Å². The maximum Gasteiger partial charge on any atom is 0.325 e. The van der Waals surface area contributed by atoms with Crippen LogP contribution in [0.4, 0.5) is 0 Å². The standard InChI is InChI=1S/C25H26N4O3/c26-10-16-32-20-8-9-23-21(17-20)22(18-27-23)24(25(30)31)29-14-12-28(13-15-29)11-4-7-19-5-2-1-3-6-19/h1-9,17-18,24,27H,11-16H2,(H,30,31)/b7-4+/t24-/m1/s1. The average Bonchev–Trinajstić information content (AvgIpc) is 3.22. The maximum absolute atomic E-state index is 12.3. The smallest absolute Gasteiger partial charge is 0.325 e. The average molecular weight is 431 g/mol. The first-order valence-corrected chi connectivity index (χ1v) is 10.7. The van der Waals surface area contributed by atoms with Crippen LogP contribution in [0.5, 0.6) is 5.75 Å². The Kier molecular flexibility index (Phi) is 6.85. The summed E-state index contributed by atoms with van der Waals surface area (Å²) in [5.41, 5.74) is 2.74. The zero-order valence-corrected chi connectivity index (χ0v) is 17.8. The molecule has 0 amide bonds. The number of aliphatic carboxylic acids is 1. The summed E-state index contributed by atoms with van der Waals surface area (Å²) in [5.74, 6) is -0.314. The lowest BCUT2D eigenvalue weighted by atomic mass is 10.0.